The van der Waals surface area contributed by atoms with Crippen LogP contribution in [-0.2, 0) is 4.79 Å². The summed E-state index contributed by atoms with van der Waals surface area (Å²) in [7, 11) is 0. The number of alkyl halides is 2. The van der Waals surface area contributed by atoms with Crippen LogP contribution in [0.3, 0.4) is 0 Å². The van der Waals surface area contributed by atoms with Crippen LogP contribution in [0.5, 0.6) is 0 Å². The van der Waals surface area contributed by atoms with Crippen molar-refractivity contribution in [3.05, 3.63) is 0 Å². The Bertz CT molecular complexity index is 72.8. The molecule has 0 spiro atoms. The first-order chi connectivity index (χ1) is 3.68. The maximum Gasteiger partial charge on any atom is 0.241 e. The van der Waals surface area contributed by atoms with Gasteiger partial charge in [0.15, 0.2) is 0 Å². The molecule has 0 saturated carbocycles. The zero-order valence-corrected chi connectivity index (χ0v) is 4.60. The lowest BCUT2D eigenvalue weighted by Gasteiger charge is -2.02. The van der Waals surface area contributed by atoms with Gasteiger partial charge in [-0.2, -0.15) is 0 Å². The Kier molecular flexibility index (Phi) is 3.31. The zero-order chi connectivity index (χ0) is 6.57. The molecule has 0 aromatic rings. The predicted octanol–water partition coefficient (Wildman–Crippen LogP) is 1.48. The highest BCUT2D eigenvalue weighted by atomic mass is 19.3. The summed E-state index contributed by atoms with van der Waals surface area (Å²) < 4.78 is 22.9. The van der Waals surface area contributed by atoms with E-state index in [1.807, 2.05) is 0 Å². The molecule has 0 amide bonds. The largest absolute Gasteiger partial charge is 0.303 e. The van der Waals surface area contributed by atoms with Crippen molar-refractivity contribution in [2.24, 2.45) is 5.92 Å². The lowest BCUT2D eigenvalue weighted by atomic mass is 10.1. The van der Waals surface area contributed by atoms with Gasteiger partial charge in [0.05, 0.1) is 0 Å². The van der Waals surface area contributed by atoms with Crippen LogP contribution in [0, 0.1) is 5.92 Å². The van der Waals surface area contributed by atoms with Crippen molar-refractivity contribution in [2.75, 3.05) is 0 Å². The molecule has 0 fully saturated rings. The summed E-state index contributed by atoms with van der Waals surface area (Å²) in [5, 5.41) is 0. The molecule has 0 aromatic heterocycles. The molecule has 0 saturated heterocycles. The van der Waals surface area contributed by atoms with Gasteiger partial charge in [0, 0.05) is 12.3 Å². The fourth-order valence-electron chi connectivity index (χ4n) is 0.255. The number of aldehydes is 1. The maximum atomic E-state index is 11.5. The van der Waals surface area contributed by atoms with Gasteiger partial charge >= 0.3 is 0 Å². The third kappa shape index (κ3) is 2.66. The Morgan fingerprint density at radius 1 is 1.62 bits per heavy atom. The van der Waals surface area contributed by atoms with Gasteiger partial charge in [0.25, 0.3) is 0 Å². The summed E-state index contributed by atoms with van der Waals surface area (Å²) in [6.07, 6.45) is -1.89. The average molecular weight is 122 g/mol. The quantitative estimate of drug-likeness (QED) is 0.518. The van der Waals surface area contributed by atoms with Crippen LogP contribution < -0.4 is 0 Å². The predicted molar refractivity (Wildman–Crippen MR) is 25.8 cm³/mol. The third-order valence-electron chi connectivity index (χ3n) is 0.898. The molecule has 0 aliphatic rings. The van der Waals surface area contributed by atoms with E-state index in [-0.39, 0.29) is 6.42 Å². The SMILES string of the molecule is CC(CC=O)C(F)F. The van der Waals surface area contributed by atoms with Gasteiger partial charge in [-0.3, -0.25) is 0 Å². The second-order valence-corrected chi connectivity index (χ2v) is 1.71. The molecule has 8 heavy (non-hydrogen) atoms. The van der Waals surface area contributed by atoms with Crippen molar-refractivity contribution in [2.45, 2.75) is 19.8 Å². The molecule has 0 aliphatic heterocycles. The van der Waals surface area contributed by atoms with E-state index in [9.17, 15) is 13.6 Å². The smallest absolute Gasteiger partial charge is 0.241 e. The summed E-state index contributed by atoms with van der Waals surface area (Å²) in [5.74, 6) is -0.785. The normalized spacial score (nSPS) is 14.0. The van der Waals surface area contributed by atoms with Crippen molar-refractivity contribution in [3.63, 3.8) is 0 Å². The van der Waals surface area contributed by atoms with E-state index in [0.717, 1.165) is 0 Å². The molecule has 1 unspecified atom stereocenters. The van der Waals surface area contributed by atoms with Crippen LogP contribution in [-0.4, -0.2) is 12.7 Å². The number of halogens is 2. The van der Waals surface area contributed by atoms with Crippen LogP contribution in [0.2, 0.25) is 0 Å². The molecule has 1 nitrogen and oxygen atoms in total. The van der Waals surface area contributed by atoms with Crippen molar-refractivity contribution >= 4 is 6.29 Å². The van der Waals surface area contributed by atoms with Crippen LogP contribution in [0.15, 0.2) is 0 Å². The van der Waals surface area contributed by atoms with E-state index >= 15 is 0 Å². The Hall–Kier alpha value is -0.470. The molecular formula is C5H8F2O. The first-order valence-corrected chi connectivity index (χ1v) is 2.40. The minimum atomic E-state index is -2.36. The maximum absolute atomic E-state index is 11.5. The summed E-state index contributed by atoms with van der Waals surface area (Å²) in [4.78, 5) is 9.59. The monoisotopic (exact) mass is 122 g/mol. The van der Waals surface area contributed by atoms with Gasteiger partial charge < -0.3 is 4.79 Å². The summed E-state index contributed by atoms with van der Waals surface area (Å²) >= 11 is 0. The highest BCUT2D eigenvalue weighted by Crippen LogP contribution is 2.10. The second-order valence-electron chi connectivity index (χ2n) is 1.71. The molecule has 0 heterocycles. The van der Waals surface area contributed by atoms with Gasteiger partial charge in [0.1, 0.15) is 6.29 Å². The Labute approximate surface area is 46.7 Å². The van der Waals surface area contributed by atoms with Gasteiger partial charge in [0.2, 0.25) is 6.43 Å². The second kappa shape index (κ2) is 3.52. The van der Waals surface area contributed by atoms with Gasteiger partial charge in [-0.15, -0.1) is 0 Å². The van der Waals surface area contributed by atoms with Gasteiger partial charge in [-0.05, 0) is 0 Å². The molecule has 0 rings (SSSR count). The van der Waals surface area contributed by atoms with Crippen molar-refractivity contribution in [3.8, 4) is 0 Å². The van der Waals surface area contributed by atoms with Crippen molar-refractivity contribution < 1.29 is 13.6 Å². The first kappa shape index (κ1) is 7.53. The van der Waals surface area contributed by atoms with Crippen LogP contribution >= 0.6 is 0 Å². The minimum absolute atomic E-state index is 0.0440. The molecular weight excluding hydrogens is 114 g/mol. The van der Waals surface area contributed by atoms with E-state index in [1.165, 1.54) is 6.92 Å². The van der Waals surface area contributed by atoms with Gasteiger partial charge in [-0.1, -0.05) is 6.92 Å². The molecule has 0 N–H and O–H groups in total. The molecule has 48 valence electrons. The summed E-state index contributed by atoms with van der Waals surface area (Å²) in [5.41, 5.74) is 0. The number of rotatable bonds is 3. The number of hydrogen-bond acceptors (Lipinski definition) is 1. The number of carbonyl (C=O) groups is 1. The van der Waals surface area contributed by atoms with Crippen molar-refractivity contribution in [1.82, 2.24) is 0 Å². The number of hydrogen-bond donors (Lipinski definition) is 0. The van der Waals surface area contributed by atoms with E-state index in [4.69, 9.17) is 0 Å². The van der Waals surface area contributed by atoms with Crippen LogP contribution in [0.4, 0.5) is 8.78 Å². The Morgan fingerprint density at radius 3 is 2.25 bits per heavy atom. The topological polar surface area (TPSA) is 17.1 Å². The van der Waals surface area contributed by atoms with Crippen molar-refractivity contribution in [1.29, 1.82) is 0 Å². The Morgan fingerprint density at radius 2 is 2.12 bits per heavy atom. The molecule has 0 radical (unpaired) electrons. The minimum Gasteiger partial charge on any atom is -0.303 e. The lowest BCUT2D eigenvalue weighted by molar-refractivity contribution is -0.109. The van der Waals surface area contributed by atoms with E-state index in [1.54, 1.807) is 0 Å². The van der Waals surface area contributed by atoms with Gasteiger partial charge in [-0.25, -0.2) is 8.78 Å². The van der Waals surface area contributed by atoms with Crippen LogP contribution in [0.1, 0.15) is 13.3 Å². The first-order valence-electron chi connectivity index (χ1n) is 2.40. The zero-order valence-electron chi connectivity index (χ0n) is 4.60. The van der Waals surface area contributed by atoms with E-state index < -0.39 is 12.3 Å². The fraction of sp³-hybridized carbons (Fsp3) is 0.800. The van der Waals surface area contributed by atoms with E-state index in [0.29, 0.717) is 6.29 Å². The summed E-state index contributed by atoms with van der Waals surface area (Å²) in [6, 6.07) is 0. The standard InChI is InChI=1S/C5H8F2O/c1-4(2-3-8)5(6)7/h3-5H,2H2,1H3. The number of carbonyl (C=O) groups excluding carboxylic acids is 1. The third-order valence-corrected chi connectivity index (χ3v) is 0.898. The molecule has 3 heteroatoms. The lowest BCUT2D eigenvalue weighted by Crippen LogP contribution is -2.06. The van der Waals surface area contributed by atoms with Crippen LogP contribution in [0.25, 0.3) is 0 Å². The highest BCUT2D eigenvalue weighted by Gasteiger charge is 2.12. The van der Waals surface area contributed by atoms with E-state index in [2.05, 4.69) is 0 Å². The fourth-order valence-corrected chi connectivity index (χ4v) is 0.255. The Balaban J connectivity index is 3.30. The molecule has 0 bridgehead atoms. The highest BCUT2D eigenvalue weighted by molar-refractivity contribution is 5.49. The average Bonchev–Trinajstić information content (AvgIpc) is 1.67. The molecule has 1 atom stereocenters. The molecule has 0 aromatic carbocycles. The summed E-state index contributed by atoms with van der Waals surface area (Å²) in [6.45, 7) is 1.35. The molecule has 0 aliphatic carbocycles.